The smallest absolute Gasteiger partial charge is 0.417 e. The SMILES string of the molecule is O=C(O)C1=C(C(=O)O)[C@H]2c3ccccc3[C@@H]1c1cc(C(F)(F)F)c(C(F)(F)F)cc12. The minimum Gasteiger partial charge on any atom is -0.478 e. The third-order valence-corrected chi connectivity index (χ3v) is 5.40. The van der Waals surface area contributed by atoms with Crippen molar-refractivity contribution in [2.75, 3.05) is 0 Å². The highest BCUT2D eigenvalue weighted by Gasteiger charge is 2.51. The molecule has 4 nitrogen and oxygen atoms in total. The molecule has 0 aliphatic heterocycles. The van der Waals surface area contributed by atoms with E-state index in [9.17, 15) is 46.1 Å². The van der Waals surface area contributed by atoms with Gasteiger partial charge in [0.25, 0.3) is 0 Å². The molecule has 2 atom stereocenters. The Bertz CT molecular complexity index is 1050. The number of aliphatic carboxylic acids is 2. The molecular formula is C20H10F6O4. The molecule has 0 fully saturated rings. The maximum Gasteiger partial charge on any atom is 0.417 e. The van der Waals surface area contributed by atoms with Crippen LogP contribution in [0.15, 0.2) is 47.5 Å². The molecule has 156 valence electrons. The molecule has 0 saturated heterocycles. The van der Waals surface area contributed by atoms with Gasteiger partial charge in [-0.05, 0) is 34.4 Å². The molecule has 0 radical (unpaired) electrons. The Labute approximate surface area is 164 Å². The molecule has 2 aromatic carbocycles. The van der Waals surface area contributed by atoms with Crippen LogP contribution in [0.1, 0.15) is 45.2 Å². The quantitative estimate of drug-likeness (QED) is 0.676. The van der Waals surface area contributed by atoms with Gasteiger partial charge in [0.2, 0.25) is 0 Å². The van der Waals surface area contributed by atoms with Crippen LogP contribution in [0.25, 0.3) is 0 Å². The third-order valence-electron chi connectivity index (χ3n) is 5.40. The summed E-state index contributed by atoms with van der Waals surface area (Å²) in [4.78, 5) is 23.7. The van der Waals surface area contributed by atoms with Gasteiger partial charge in [0.1, 0.15) is 0 Å². The van der Waals surface area contributed by atoms with Gasteiger partial charge in [-0.3, -0.25) is 0 Å². The van der Waals surface area contributed by atoms with E-state index in [0.29, 0.717) is 12.1 Å². The Morgan fingerprint density at radius 1 is 0.667 bits per heavy atom. The first-order valence-electron chi connectivity index (χ1n) is 8.45. The topological polar surface area (TPSA) is 74.6 Å². The van der Waals surface area contributed by atoms with Crippen molar-refractivity contribution in [2.45, 2.75) is 24.2 Å². The fraction of sp³-hybridized carbons (Fsp3) is 0.200. The predicted octanol–water partition coefficient (Wildman–Crippen LogP) is 4.78. The molecule has 10 heteroatoms. The van der Waals surface area contributed by atoms with E-state index in [0.717, 1.165) is 0 Å². The predicted molar refractivity (Wildman–Crippen MR) is 88.9 cm³/mol. The van der Waals surface area contributed by atoms with Crippen molar-refractivity contribution in [3.8, 4) is 0 Å². The lowest BCUT2D eigenvalue weighted by Gasteiger charge is -2.41. The van der Waals surface area contributed by atoms with Gasteiger partial charge in [0.15, 0.2) is 0 Å². The summed E-state index contributed by atoms with van der Waals surface area (Å²) in [6.07, 6.45) is -10.7. The van der Waals surface area contributed by atoms with Crippen molar-refractivity contribution in [1.82, 2.24) is 0 Å². The number of carbonyl (C=O) groups is 2. The summed E-state index contributed by atoms with van der Waals surface area (Å²) >= 11 is 0. The van der Waals surface area contributed by atoms with Crippen LogP contribution < -0.4 is 0 Å². The Hall–Kier alpha value is -3.30. The average Bonchev–Trinajstić information content (AvgIpc) is 2.64. The van der Waals surface area contributed by atoms with Gasteiger partial charge in [-0.1, -0.05) is 24.3 Å². The van der Waals surface area contributed by atoms with Gasteiger partial charge in [-0.15, -0.1) is 0 Å². The lowest BCUT2D eigenvalue weighted by atomic mass is 9.60. The standard InChI is InChI=1S/C20H10F6O4/c21-19(22,23)11-5-9-10(6-12(11)20(24,25)26)14-8-4-2-1-3-7(8)13(9)15(17(27)28)16(14)18(29)30/h1-6,13-14H,(H,27,28)(H,29,30)/t13-,14+. The van der Waals surface area contributed by atoms with Crippen LogP contribution in [0.3, 0.4) is 0 Å². The molecule has 0 aromatic heterocycles. The van der Waals surface area contributed by atoms with Crippen LogP contribution in [-0.2, 0) is 21.9 Å². The summed E-state index contributed by atoms with van der Waals surface area (Å²) in [6, 6.07) is 6.45. The lowest BCUT2D eigenvalue weighted by Crippen LogP contribution is -2.35. The molecule has 3 aliphatic rings. The lowest BCUT2D eigenvalue weighted by molar-refractivity contribution is -0.162. The summed E-state index contributed by atoms with van der Waals surface area (Å²) in [6.45, 7) is 0. The van der Waals surface area contributed by atoms with E-state index < -0.39 is 58.4 Å². The maximum atomic E-state index is 13.4. The molecule has 3 aliphatic carbocycles. The molecule has 0 spiro atoms. The number of halogens is 6. The van der Waals surface area contributed by atoms with Crippen LogP contribution in [0.5, 0.6) is 0 Å². The molecule has 2 bridgehead atoms. The molecule has 2 N–H and O–H groups in total. The molecule has 5 rings (SSSR count). The summed E-state index contributed by atoms with van der Waals surface area (Å²) in [5.74, 6) is -6.19. The number of alkyl halides is 6. The first kappa shape index (κ1) is 20.0. The second-order valence-electron chi connectivity index (χ2n) is 6.95. The maximum absolute atomic E-state index is 13.4. The monoisotopic (exact) mass is 428 g/mol. The number of carboxylic acids is 2. The molecule has 0 heterocycles. The third kappa shape index (κ3) is 2.70. The Morgan fingerprint density at radius 3 is 1.27 bits per heavy atom. The zero-order valence-corrected chi connectivity index (χ0v) is 14.6. The first-order valence-corrected chi connectivity index (χ1v) is 8.45. The van der Waals surface area contributed by atoms with Gasteiger partial charge in [-0.2, -0.15) is 26.3 Å². The van der Waals surface area contributed by atoms with Crippen LogP contribution in [0.2, 0.25) is 0 Å². The number of hydrogen-bond acceptors (Lipinski definition) is 2. The zero-order valence-electron chi connectivity index (χ0n) is 14.6. The summed E-state index contributed by atoms with van der Waals surface area (Å²) in [7, 11) is 0. The molecule has 30 heavy (non-hydrogen) atoms. The van der Waals surface area contributed by atoms with Crippen LogP contribution >= 0.6 is 0 Å². The van der Waals surface area contributed by atoms with Crippen LogP contribution in [0.4, 0.5) is 26.3 Å². The van der Waals surface area contributed by atoms with Crippen molar-refractivity contribution in [2.24, 2.45) is 0 Å². The molecule has 0 amide bonds. The van der Waals surface area contributed by atoms with Crippen LogP contribution in [0, 0.1) is 0 Å². The van der Waals surface area contributed by atoms with Gasteiger partial charge in [0.05, 0.1) is 22.3 Å². The summed E-state index contributed by atoms with van der Waals surface area (Å²) < 4.78 is 80.6. The molecule has 2 aromatic rings. The molecular weight excluding hydrogens is 418 g/mol. The highest BCUT2D eigenvalue weighted by atomic mass is 19.4. The van der Waals surface area contributed by atoms with E-state index in [2.05, 4.69) is 0 Å². The van der Waals surface area contributed by atoms with E-state index in [-0.39, 0.29) is 22.3 Å². The molecule has 0 unspecified atom stereocenters. The van der Waals surface area contributed by atoms with Crippen molar-refractivity contribution in [3.63, 3.8) is 0 Å². The van der Waals surface area contributed by atoms with Gasteiger partial charge in [-0.25, -0.2) is 9.59 Å². The zero-order chi connectivity index (χ0) is 22.2. The average molecular weight is 428 g/mol. The van der Waals surface area contributed by atoms with E-state index >= 15 is 0 Å². The van der Waals surface area contributed by atoms with E-state index in [1.807, 2.05) is 0 Å². The van der Waals surface area contributed by atoms with E-state index in [4.69, 9.17) is 0 Å². The Kier molecular flexibility index (Phi) is 4.06. The van der Waals surface area contributed by atoms with E-state index in [1.54, 1.807) is 0 Å². The van der Waals surface area contributed by atoms with Crippen molar-refractivity contribution in [3.05, 3.63) is 80.9 Å². The minimum atomic E-state index is -5.35. The number of hydrogen-bond donors (Lipinski definition) is 2. The number of benzene rings is 2. The van der Waals surface area contributed by atoms with Gasteiger partial charge in [0, 0.05) is 11.8 Å². The summed E-state index contributed by atoms with van der Waals surface area (Å²) in [5.41, 5.74) is -5.25. The highest BCUT2D eigenvalue weighted by Crippen LogP contribution is 2.57. The Balaban J connectivity index is 2.13. The number of carboxylic acid groups (broad SMARTS) is 2. The second kappa shape index (κ2) is 6.10. The van der Waals surface area contributed by atoms with Crippen molar-refractivity contribution >= 4 is 11.9 Å². The largest absolute Gasteiger partial charge is 0.478 e. The second-order valence-corrected chi connectivity index (χ2v) is 6.95. The van der Waals surface area contributed by atoms with E-state index in [1.165, 1.54) is 24.3 Å². The number of rotatable bonds is 2. The molecule has 0 saturated carbocycles. The van der Waals surface area contributed by atoms with Crippen molar-refractivity contribution in [1.29, 1.82) is 0 Å². The normalized spacial score (nSPS) is 20.1. The Morgan fingerprint density at radius 2 is 1.00 bits per heavy atom. The fourth-order valence-corrected chi connectivity index (χ4v) is 4.38. The van der Waals surface area contributed by atoms with Crippen LogP contribution in [-0.4, -0.2) is 22.2 Å². The van der Waals surface area contributed by atoms with Gasteiger partial charge < -0.3 is 10.2 Å². The first-order chi connectivity index (χ1) is 13.8. The summed E-state index contributed by atoms with van der Waals surface area (Å²) in [5, 5.41) is 19.2. The highest BCUT2D eigenvalue weighted by molar-refractivity contribution is 6.04. The van der Waals surface area contributed by atoms with Crippen molar-refractivity contribution < 1.29 is 46.1 Å². The van der Waals surface area contributed by atoms with Gasteiger partial charge >= 0.3 is 24.3 Å². The fourth-order valence-electron chi connectivity index (χ4n) is 4.38. The minimum absolute atomic E-state index is 0.255.